The first-order chi connectivity index (χ1) is 20.3. The number of halogens is 3. The summed E-state index contributed by atoms with van der Waals surface area (Å²) in [6.07, 6.45) is -0.0182. The van der Waals surface area contributed by atoms with Gasteiger partial charge in [-0.25, -0.2) is 18.0 Å². The summed E-state index contributed by atoms with van der Waals surface area (Å²) in [5, 5.41) is 25.2. The number of aliphatic carboxylic acids is 2. The second-order valence-corrected chi connectivity index (χ2v) is 11.2. The van der Waals surface area contributed by atoms with Crippen molar-refractivity contribution in [2.75, 3.05) is 6.54 Å². The predicted molar refractivity (Wildman–Crippen MR) is 150 cm³/mol. The maximum Gasteiger partial charge on any atom is 0.326 e. The van der Waals surface area contributed by atoms with Gasteiger partial charge in [-0.2, -0.15) is 0 Å². The number of carboxylic acids is 2. The van der Waals surface area contributed by atoms with Crippen LogP contribution in [0.5, 0.6) is 0 Å². The van der Waals surface area contributed by atoms with Crippen molar-refractivity contribution < 1.29 is 42.6 Å². The van der Waals surface area contributed by atoms with Gasteiger partial charge >= 0.3 is 11.9 Å². The standard InChI is InChI=1S/C30H37F3N4O6/c1-16(2)27(36-24(29(40)41)9-8-17-6-4-3-5-7-17)28(39)37-15-20(13-25(37)30(42)43)35-26(38)12-19(34)10-18-11-22(32)23(33)14-21(18)31/h3-7,11,14,16,19-20,24-25,27,36H,8-10,12-13,15,34H2,1-2H3,(H,35,38)(H,40,41)(H,42,43)/t19-,20+,24+,25+,27+/m1/s1. The lowest BCUT2D eigenvalue weighted by Gasteiger charge is -2.31. The van der Waals surface area contributed by atoms with Crippen LogP contribution in [0.3, 0.4) is 0 Å². The van der Waals surface area contributed by atoms with E-state index < -0.39 is 71.4 Å². The van der Waals surface area contributed by atoms with Crippen LogP contribution in [0.2, 0.25) is 0 Å². The Morgan fingerprint density at radius 1 is 1.02 bits per heavy atom. The van der Waals surface area contributed by atoms with E-state index in [1.165, 1.54) is 0 Å². The largest absolute Gasteiger partial charge is 0.480 e. The Labute approximate surface area is 247 Å². The lowest BCUT2D eigenvalue weighted by molar-refractivity contribution is -0.150. The van der Waals surface area contributed by atoms with Crippen LogP contribution in [0.4, 0.5) is 13.2 Å². The maximum absolute atomic E-state index is 14.0. The van der Waals surface area contributed by atoms with Crippen molar-refractivity contribution in [2.24, 2.45) is 11.7 Å². The molecule has 0 aromatic heterocycles. The molecular weight excluding hydrogens is 569 g/mol. The van der Waals surface area contributed by atoms with Crippen LogP contribution in [0.25, 0.3) is 0 Å². The summed E-state index contributed by atoms with van der Waals surface area (Å²) in [5.41, 5.74) is 6.67. The molecule has 1 heterocycles. The van der Waals surface area contributed by atoms with Gasteiger partial charge in [0.15, 0.2) is 11.6 Å². The summed E-state index contributed by atoms with van der Waals surface area (Å²) >= 11 is 0. The van der Waals surface area contributed by atoms with Crippen LogP contribution in [0, 0.1) is 23.4 Å². The summed E-state index contributed by atoms with van der Waals surface area (Å²) in [7, 11) is 0. The van der Waals surface area contributed by atoms with E-state index >= 15 is 0 Å². The lowest BCUT2D eigenvalue weighted by atomic mass is 9.98. The number of nitrogens with zero attached hydrogens (tertiary/aromatic N) is 1. The van der Waals surface area contributed by atoms with Crippen LogP contribution in [0.15, 0.2) is 42.5 Å². The van der Waals surface area contributed by atoms with Crippen molar-refractivity contribution in [3.63, 3.8) is 0 Å². The molecule has 1 aliphatic heterocycles. The number of nitrogens with one attached hydrogen (secondary N) is 2. The molecule has 1 aliphatic rings. The molecule has 2 aromatic carbocycles. The molecule has 0 saturated carbocycles. The molecule has 1 fully saturated rings. The summed E-state index contributed by atoms with van der Waals surface area (Å²) in [6, 6.07) is 5.30. The zero-order chi connectivity index (χ0) is 31.8. The van der Waals surface area contributed by atoms with Crippen molar-refractivity contribution in [1.29, 1.82) is 0 Å². The van der Waals surface area contributed by atoms with E-state index in [2.05, 4.69) is 10.6 Å². The highest BCUT2D eigenvalue weighted by molar-refractivity contribution is 5.89. The normalized spacial score (nSPS) is 18.7. The quantitative estimate of drug-likeness (QED) is 0.205. The molecule has 0 aliphatic carbocycles. The number of hydrogen-bond acceptors (Lipinski definition) is 6. The monoisotopic (exact) mass is 606 g/mol. The highest BCUT2D eigenvalue weighted by Crippen LogP contribution is 2.22. The fraction of sp³-hybridized carbons (Fsp3) is 0.467. The zero-order valence-electron chi connectivity index (χ0n) is 23.9. The number of likely N-dealkylation sites (tertiary alicyclic amines) is 1. The van der Waals surface area contributed by atoms with E-state index in [0.29, 0.717) is 18.6 Å². The molecule has 0 unspecified atom stereocenters. The number of carbonyl (C=O) groups excluding carboxylic acids is 2. The van der Waals surface area contributed by atoms with Crippen LogP contribution < -0.4 is 16.4 Å². The van der Waals surface area contributed by atoms with E-state index in [4.69, 9.17) is 5.73 Å². The Morgan fingerprint density at radius 3 is 2.28 bits per heavy atom. The van der Waals surface area contributed by atoms with Crippen molar-refractivity contribution >= 4 is 23.8 Å². The number of amides is 2. The van der Waals surface area contributed by atoms with Gasteiger partial charge in [0.2, 0.25) is 11.8 Å². The molecule has 2 aromatic rings. The van der Waals surface area contributed by atoms with Gasteiger partial charge in [0, 0.05) is 37.5 Å². The second kappa shape index (κ2) is 15.0. The Hall–Kier alpha value is -3.97. The topological polar surface area (TPSA) is 162 Å². The molecule has 0 bridgehead atoms. The zero-order valence-corrected chi connectivity index (χ0v) is 23.9. The van der Waals surface area contributed by atoms with E-state index in [9.17, 15) is 42.6 Å². The van der Waals surface area contributed by atoms with Gasteiger partial charge in [-0.1, -0.05) is 44.2 Å². The van der Waals surface area contributed by atoms with Crippen molar-refractivity contribution in [3.05, 3.63) is 71.0 Å². The predicted octanol–water partition coefficient (Wildman–Crippen LogP) is 2.23. The minimum atomic E-state index is -1.35. The SMILES string of the molecule is CC(C)[C@H](N[C@@H](CCc1ccccc1)C(=O)O)C(=O)N1C[C@@H](NC(=O)C[C@H](N)Cc2cc(F)c(F)cc2F)C[C@H]1C(=O)O. The van der Waals surface area contributed by atoms with Crippen LogP contribution in [0.1, 0.15) is 44.2 Å². The first-order valence-electron chi connectivity index (χ1n) is 14.0. The molecule has 10 nitrogen and oxygen atoms in total. The average Bonchev–Trinajstić information content (AvgIpc) is 3.35. The smallest absolute Gasteiger partial charge is 0.326 e. The van der Waals surface area contributed by atoms with E-state index in [0.717, 1.165) is 10.5 Å². The third kappa shape index (κ3) is 9.26. The summed E-state index contributed by atoms with van der Waals surface area (Å²) in [4.78, 5) is 51.5. The van der Waals surface area contributed by atoms with Gasteiger partial charge in [0.1, 0.15) is 17.9 Å². The number of rotatable bonds is 14. The Morgan fingerprint density at radius 2 is 1.67 bits per heavy atom. The van der Waals surface area contributed by atoms with Crippen LogP contribution >= 0.6 is 0 Å². The third-order valence-electron chi connectivity index (χ3n) is 7.43. The van der Waals surface area contributed by atoms with E-state index in [1.54, 1.807) is 13.8 Å². The molecule has 5 atom stereocenters. The van der Waals surface area contributed by atoms with Gasteiger partial charge in [0.05, 0.1) is 6.04 Å². The highest BCUT2D eigenvalue weighted by atomic mass is 19.2. The number of carboxylic acid groups (broad SMARTS) is 2. The number of nitrogens with two attached hydrogens (primary N) is 1. The van der Waals surface area contributed by atoms with Gasteiger partial charge < -0.3 is 26.2 Å². The summed E-state index contributed by atoms with van der Waals surface area (Å²) < 4.78 is 40.7. The Balaban J connectivity index is 1.64. The molecule has 234 valence electrons. The minimum Gasteiger partial charge on any atom is -0.480 e. The Bertz CT molecular complexity index is 1310. The van der Waals surface area contributed by atoms with Crippen molar-refractivity contribution in [2.45, 2.75) is 76.2 Å². The summed E-state index contributed by atoms with van der Waals surface area (Å²) in [6.45, 7) is 3.29. The van der Waals surface area contributed by atoms with Crippen molar-refractivity contribution in [3.8, 4) is 0 Å². The molecule has 6 N–H and O–H groups in total. The molecule has 43 heavy (non-hydrogen) atoms. The number of hydrogen-bond donors (Lipinski definition) is 5. The molecule has 3 rings (SSSR count). The Kier molecular flexibility index (Phi) is 11.7. The van der Waals surface area contributed by atoms with Gasteiger partial charge in [0.25, 0.3) is 0 Å². The lowest BCUT2D eigenvalue weighted by Crippen LogP contribution is -2.56. The third-order valence-corrected chi connectivity index (χ3v) is 7.43. The van der Waals surface area contributed by atoms with E-state index in [1.807, 2.05) is 30.3 Å². The fourth-order valence-electron chi connectivity index (χ4n) is 5.20. The maximum atomic E-state index is 14.0. The fourth-order valence-corrected chi connectivity index (χ4v) is 5.20. The molecule has 1 saturated heterocycles. The number of benzene rings is 2. The number of carbonyl (C=O) groups is 4. The summed E-state index contributed by atoms with van der Waals surface area (Å²) in [5.74, 6) is -7.59. The molecular formula is C30H37F3N4O6. The van der Waals surface area contributed by atoms with Gasteiger partial charge in [-0.05, 0) is 42.4 Å². The van der Waals surface area contributed by atoms with Gasteiger partial charge in [-0.15, -0.1) is 0 Å². The minimum absolute atomic E-state index is 0.0962. The van der Waals surface area contributed by atoms with Crippen LogP contribution in [-0.4, -0.2) is 75.6 Å². The number of aryl methyl sites for hydroxylation is 1. The molecule has 0 radical (unpaired) electrons. The molecule has 2 amide bonds. The van der Waals surface area contributed by atoms with Crippen molar-refractivity contribution in [1.82, 2.24) is 15.5 Å². The van der Waals surface area contributed by atoms with Crippen LogP contribution in [-0.2, 0) is 32.0 Å². The average molecular weight is 607 g/mol. The van der Waals surface area contributed by atoms with Gasteiger partial charge in [-0.3, -0.25) is 19.7 Å². The second-order valence-electron chi connectivity index (χ2n) is 11.2. The first-order valence-corrected chi connectivity index (χ1v) is 14.0. The van der Waals surface area contributed by atoms with E-state index in [-0.39, 0.29) is 43.7 Å². The molecule has 0 spiro atoms. The first kappa shape index (κ1) is 33.5. The molecule has 13 heteroatoms. The highest BCUT2D eigenvalue weighted by Gasteiger charge is 2.43.